The molecular formula is C20H29NO5. The van der Waals surface area contributed by atoms with E-state index in [9.17, 15) is 9.59 Å². The summed E-state index contributed by atoms with van der Waals surface area (Å²) in [6.07, 6.45) is 4.85. The Kier molecular flexibility index (Phi) is 6.62. The summed E-state index contributed by atoms with van der Waals surface area (Å²) >= 11 is 0. The number of hydrogen-bond acceptors (Lipinski definition) is 5. The van der Waals surface area contributed by atoms with Gasteiger partial charge in [-0.15, -0.1) is 0 Å². The highest BCUT2D eigenvalue weighted by molar-refractivity contribution is 5.71. The number of pyridine rings is 1. The minimum absolute atomic E-state index is 0.0318. The van der Waals surface area contributed by atoms with Crippen LogP contribution >= 0.6 is 0 Å². The summed E-state index contributed by atoms with van der Waals surface area (Å²) in [7, 11) is 1.57. The molecule has 0 bridgehead atoms. The molecule has 6 nitrogen and oxygen atoms in total. The smallest absolute Gasteiger partial charge is 0.306 e. The normalized spacial score (nSPS) is 20.8. The number of carbonyl (C=O) groups is 2. The van der Waals surface area contributed by atoms with Crippen molar-refractivity contribution in [3.05, 3.63) is 23.9 Å². The number of nitrogens with zero attached hydrogens (tertiary/aromatic N) is 1. The second-order valence-electron chi connectivity index (χ2n) is 8.06. The van der Waals surface area contributed by atoms with Crippen molar-refractivity contribution in [3.8, 4) is 5.88 Å². The average molecular weight is 363 g/mol. The van der Waals surface area contributed by atoms with Crippen LogP contribution in [-0.4, -0.2) is 34.7 Å². The van der Waals surface area contributed by atoms with Gasteiger partial charge in [0.1, 0.15) is 5.60 Å². The van der Waals surface area contributed by atoms with Gasteiger partial charge in [0.25, 0.3) is 0 Å². The van der Waals surface area contributed by atoms with Gasteiger partial charge >= 0.3 is 11.9 Å². The Morgan fingerprint density at radius 1 is 1.31 bits per heavy atom. The first-order chi connectivity index (χ1) is 12.2. The van der Waals surface area contributed by atoms with Crippen LogP contribution in [0.2, 0.25) is 0 Å². The number of hydrogen-bond donors (Lipinski definition) is 1. The molecule has 0 saturated heterocycles. The molecule has 0 aliphatic heterocycles. The minimum Gasteiger partial charge on any atom is -0.481 e. The van der Waals surface area contributed by atoms with Crippen LogP contribution in [0.4, 0.5) is 0 Å². The molecule has 1 atom stereocenters. The van der Waals surface area contributed by atoms with Crippen molar-refractivity contribution >= 4 is 11.9 Å². The van der Waals surface area contributed by atoms with Gasteiger partial charge in [0.15, 0.2) is 0 Å². The number of ether oxygens (including phenoxy) is 2. The maximum absolute atomic E-state index is 12.4. The SMILES string of the molecule is COc1ccc(C(CC(=O)OC(C)(C)C)C2CC(CCC(=O)O)C2)cn1. The number of methoxy groups -OCH3 is 1. The lowest BCUT2D eigenvalue weighted by molar-refractivity contribution is -0.156. The van der Waals surface area contributed by atoms with Crippen molar-refractivity contribution in [2.45, 2.75) is 64.4 Å². The van der Waals surface area contributed by atoms with E-state index in [4.69, 9.17) is 14.6 Å². The Hall–Kier alpha value is -2.11. The molecule has 0 aromatic carbocycles. The van der Waals surface area contributed by atoms with Crippen LogP contribution in [0.3, 0.4) is 0 Å². The third-order valence-corrected chi connectivity index (χ3v) is 4.81. The minimum atomic E-state index is -0.752. The summed E-state index contributed by atoms with van der Waals surface area (Å²) in [5.74, 6) is 0.368. The molecule has 1 aromatic heterocycles. The molecule has 26 heavy (non-hydrogen) atoms. The largest absolute Gasteiger partial charge is 0.481 e. The van der Waals surface area contributed by atoms with Crippen LogP contribution < -0.4 is 4.74 Å². The van der Waals surface area contributed by atoms with Gasteiger partial charge in [-0.3, -0.25) is 9.59 Å². The lowest BCUT2D eigenvalue weighted by Gasteiger charge is -2.40. The Labute approximate surface area is 154 Å². The quantitative estimate of drug-likeness (QED) is 0.707. The fourth-order valence-corrected chi connectivity index (χ4v) is 3.53. The molecule has 1 unspecified atom stereocenters. The van der Waals surface area contributed by atoms with Crippen LogP contribution in [0.25, 0.3) is 0 Å². The summed E-state index contributed by atoms with van der Waals surface area (Å²) in [6.45, 7) is 5.58. The number of carboxylic acid groups (broad SMARTS) is 1. The average Bonchev–Trinajstić information content (AvgIpc) is 2.50. The Balaban J connectivity index is 2.04. The predicted octanol–water partition coefficient (Wildman–Crippen LogP) is 3.80. The molecule has 0 spiro atoms. The molecule has 1 saturated carbocycles. The van der Waals surface area contributed by atoms with Crippen molar-refractivity contribution < 1.29 is 24.2 Å². The van der Waals surface area contributed by atoms with E-state index >= 15 is 0 Å². The van der Waals surface area contributed by atoms with Crippen LogP contribution in [0.5, 0.6) is 5.88 Å². The third-order valence-electron chi connectivity index (χ3n) is 4.81. The predicted molar refractivity (Wildman–Crippen MR) is 97.1 cm³/mol. The zero-order valence-electron chi connectivity index (χ0n) is 16.0. The van der Waals surface area contributed by atoms with E-state index in [1.807, 2.05) is 26.8 Å². The second kappa shape index (κ2) is 8.52. The zero-order valence-corrected chi connectivity index (χ0v) is 16.0. The van der Waals surface area contributed by atoms with Crippen LogP contribution in [0.15, 0.2) is 18.3 Å². The second-order valence-corrected chi connectivity index (χ2v) is 8.06. The monoisotopic (exact) mass is 363 g/mol. The Morgan fingerprint density at radius 3 is 2.50 bits per heavy atom. The summed E-state index contributed by atoms with van der Waals surface area (Å²) in [5.41, 5.74) is 0.488. The van der Waals surface area contributed by atoms with Gasteiger partial charge in [0, 0.05) is 18.7 Å². The summed E-state index contributed by atoms with van der Waals surface area (Å²) in [4.78, 5) is 27.4. The van der Waals surface area contributed by atoms with E-state index in [0.29, 0.717) is 30.6 Å². The molecule has 1 N–H and O–H groups in total. The summed E-state index contributed by atoms with van der Waals surface area (Å²) < 4.78 is 10.6. The maximum atomic E-state index is 12.4. The first kappa shape index (κ1) is 20.2. The van der Waals surface area contributed by atoms with Gasteiger partial charge in [-0.2, -0.15) is 0 Å². The molecule has 1 fully saturated rings. The number of carbonyl (C=O) groups excluding carboxylic acids is 1. The topological polar surface area (TPSA) is 85.7 Å². The molecule has 1 aliphatic carbocycles. The summed E-state index contributed by atoms with van der Waals surface area (Å²) in [5, 5.41) is 8.83. The fraction of sp³-hybridized carbons (Fsp3) is 0.650. The van der Waals surface area contributed by atoms with Gasteiger partial charge in [-0.1, -0.05) is 6.07 Å². The third kappa shape index (κ3) is 6.00. The van der Waals surface area contributed by atoms with Gasteiger partial charge in [0.05, 0.1) is 13.5 Å². The van der Waals surface area contributed by atoms with Gasteiger partial charge < -0.3 is 14.6 Å². The lowest BCUT2D eigenvalue weighted by atomic mass is 9.65. The van der Waals surface area contributed by atoms with Gasteiger partial charge in [-0.05, 0) is 63.4 Å². The van der Waals surface area contributed by atoms with Crippen molar-refractivity contribution in [3.63, 3.8) is 0 Å². The highest BCUT2D eigenvalue weighted by Gasteiger charge is 2.37. The van der Waals surface area contributed by atoms with E-state index in [1.54, 1.807) is 19.4 Å². The van der Waals surface area contributed by atoms with E-state index < -0.39 is 11.6 Å². The Bertz CT molecular complexity index is 614. The molecule has 6 heteroatoms. The van der Waals surface area contributed by atoms with E-state index in [2.05, 4.69) is 4.98 Å². The van der Waals surface area contributed by atoms with Crippen molar-refractivity contribution in [1.82, 2.24) is 4.98 Å². The fourth-order valence-electron chi connectivity index (χ4n) is 3.53. The van der Waals surface area contributed by atoms with Crippen molar-refractivity contribution in [2.24, 2.45) is 11.8 Å². The van der Waals surface area contributed by atoms with E-state index in [1.165, 1.54) is 0 Å². The molecule has 2 rings (SSSR count). The maximum Gasteiger partial charge on any atom is 0.306 e. The number of esters is 1. The zero-order chi connectivity index (χ0) is 19.3. The molecule has 144 valence electrons. The number of aromatic nitrogens is 1. The first-order valence-electron chi connectivity index (χ1n) is 9.11. The number of carboxylic acids is 1. The molecule has 1 aliphatic rings. The standard InChI is InChI=1S/C20H29NO5/c1-20(2,3)26-19(24)11-16(14-6-7-17(25-4)21-12-14)15-9-13(10-15)5-8-18(22)23/h6-7,12-13,15-16H,5,8-11H2,1-4H3,(H,22,23). The molecular weight excluding hydrogens is 334 g/mol. The highest BCUT2D eigenvalue weighted by Crippen LogP contribution is 2.46. The Morgan fingerprint density at radius 2 is 2.00 bits per heavy atom. The number of aliphatic carboxylic acids is 1. The molecule has 0 amide bonds. The molecule has 1 heterocycles. The van der Waals surface area contributed by atoms with Crippen LogP contribution in [0, 0.1) is 11.8 Å². The molecule has 0 radical (unpaired) electrons. The van der Waals surface area contributed by atoms with Crippen molar-refractivity contribution in [2.75, 3.05) is 7.11 Å². The van der Waals surface area contributed by atoms with E-state index in [-0.39, 0.29) is 18.3 Å². The van der Waals surface area contributed by atoms with E-state index in [0.717, 1.165) is 18.4 Å². The highest BCUT2D eigenvalue weighted by atomic mass is 16.6. The first-order valence-corrected chi connectivity index (χ1v) is 9.11. The van der Waals surface area contributed by atoms with Crippen LogP contribution in [0.1, 0.15) is 64.4 Å². The van der Waals surface area contributed by atoms with Gasteiger partial charge in [0.2, 0.25) is 5.88 Å². The van der Waals surface area contributed by atoms with Crippen molar-refractivity contribution in [1.29, 1.82) is 0 Å². The number of rotatable bonds is 8. The molecule has 1 aromatic rings. The van der Waals surface area contributed by atoms with Gasteiger partial charge in [-0.25, -0.2) is 4.98 Å². The van der Waals surface area contributed by atoms with Crippen LogP contribution in [-0.2, 0) is 14.3 Å². The lowest BCUT2D eigenvalue weighted by Crippen LogP contribution is -2.32. The summed E-state index contributed by atoms with van der Waals surface area (Å²) in [6, 6.07) is 3.75.